The number of aromatic hydroxyl groups is 1. The lowest BCUT2D eigenvalue weighted by Gasteiger charge is -2.43. The molecule has 4 saturated heterocycles. The number of carbonyl (C=O) groups excluding carboxylic acids is 2. The molecule has 6 aromatic rings. The van der Waals surface area contributed by atoms with E-state index in [9.17, 15) is 24.9 Å². The number of fused-ring (bicyclic) bond motifs is 2. The van der Waals surface area contributed by atoms with Crippen molar-refractivity contribution in [3.63, 3.8) is 0 Å². The maximum absolute atomic E-state index is 14.3. The molecule has 20 nitrogen and oxygen atoms in total. The first-order valence-electron chi connectivity index (χ1n) is 27.3. The highest BCUT2D eigenvalue weighted by Gasteiger charge is 2.45. The number of phenolic OH excluding ortho intramolecular Hbond substituents is 1. The number of β-amino-alcohol motifs (C(OH)–C–C–N with tert-alkyl or cyclic N) is 1. The Balaban J connectivity index is 0.604. The Morgan fingerprint density at radius 2 is 1.67 bits per heavy atom. The summed E-state index contributed by atoms with van der Waals surface area (Å²) in [6.07, 6.45) is 7.00. The van der Waals surface area contributed by atoms with E-state index in [1.807, 2.05) is 69.4 Å². The number of piperazine rings is 1. The summed E-state index contributed by atoms with van der Waals surface area (Å²) in [6.45, 7) is 9.80. The van der Waals surface area contributed by atoms with Gasteiger partial charge in [-0.15, -0.1) is 21.5 Å². The zero-order valence-electron chi connectivity index (χ0n) is 44.3. The summed E-state index contributed by atoms with van der Waals surface area (Å²) >= 11 is 1.55. The van der Waals surface area contributed by atoms with Crippen LogP contribution >= 0.6 is 11.3 Å². The van der Waals surface area contributed by atoms with Crippen LogP contribution in [0.15, 0.2) is 89.0 Å². The molecule has 78 heavy (non-hydrogen) atoms. The van der Waals surface area contributed by atoms with Gasteiger partial charge < -0.3 is 59.8 Å². The number of hydrogen-bond donors (Lipinski definition) is 5. The number of thiazole rings is 1. The third-order valence-electron chi connectivity index (χ3n) is 16.2. The fourth-order valence-electron chi connectivity index (χ4n) is 12.0. The highest BCUT2D eigenvalue weighted by molar-refractivity contribution is 7.13. The number of piperidine rings is 1. The summed E-state index contributed by atoms with van der Waals surface area (Å²) in [6, 6.07) is 21.4. The number of nitrogens with zero attached hydrogens (tertiary/aromatic N) is 9. The lowest BCUT2D eigenvalue weighted by molar-refractivity contribution is -0.141. The number of aryl methyl sites for hydroxylation is 1. The van der Waals surface area contributed by atoms with E-state index in [4.69, 9.17) is 24.5 Å². The Kier molecular flexibility index (Phi) is 15.8. The largest absolute Gasteiger partial charge is 0.507 e. The number of rotatable bonds is 19. The van der Waals surface area contributed by atoms with Crippen LogP contribution in [0.25, 0.3) is 21.7 Å². The average Bonchev–Trinajstić information content (AvgIpc) is 4.26. The van der Waals surface area contributed by atoms with Crippen LogP contribution in [-0.4, -0.2) is 157 Å². The quantitative estimate of drug-likeness (QED) is 0.0612. The van der Waals surface area contributed by atoms with Gasteiger partial charge in [0.05, 0.1) is 58.4 Å². The predicted molar refractivity (Wildman–Crippen MR) is 293 cm³/mol. The number of para-hydroxylation sites is 1. The van der Waals surface area contributed by atoms with Crippen LogP contribution in [0.1, 0.15) is 87.8 Å². The molecule has 4 aromatic heterocycles. The molecule has 2 unspecified atom stereocenters. The number of pyridine rings is 1. The molecule has 0 spiro atoms. The van der Waals surface area contributed by atoms with Gasteiger partial charge in [0.2, 0.25) is 17.7 Å². The number of amides is 2. The summed E-state index contributed by atoms with van der Waals surface area (Å²) in [5.74, 6) is -0.0271. The predicted octanol–water partition coefficient (Wildman–Crippen LogP) is 6.12. The van der Waals surface area contributed by atoms with Crippen molar-refractivity contribution < 1.29 is 43.6 Å². The number of benzene rings is 2. The number of nitrogen functional groups attached to an aromatic ring is 1. The monoisotopic (exact) mass is 1080 g/mol. The van der Waals surface area contributed by atoms with Crippen molar-refractivity contribution in [1.82, 2.24) is 40.4 Å². The summed E-state index contributed by atoms with van der Waals surface area (Å²) < 4.78 is 24.7. The lowest BCUT2D eigenvalue weighted by atomic mass is 9.91. The summed E-state index contributed by atoms with van der Waals surface area (Å²) in [5, 5.41) is 47.1. The molecule has 21 heteroatoms. The van der Waals surface area contributed by atoms with Crippen LogP contribution in [0.2, 0.25) is 0 Å². The molecule has 2 aromatic carbocycles. The Morgan fingerprint density at radius 3 is 2.38 bits per heavy atom. The second-order valence-electron chi connectivity index (χ2n) is 21.7. The van der Waals surface area contributed by atoms with Crippen LogP contribution in [0.3, 0.4) is 0 Å². The van der Waals surface area contributed by atoms with Crippen LogP contribution < -0.4 is 30.3 Å². The number of phenols is 1. The average molecular weight is 1080 g/mol. The van der Waals surface area contributed by atoms with Gasteiger partial charge in [0.15, 0.2) is 11.6 Å². The highest BCUT2D eigenvalue weighted by atomic mass is 32.1. The topological polar surface area (TPSA) is 251 Å². The molecular formula is C57H69N11O9S. The second kappa shape index (κ2) is 23.2. The van der Waals surface area contributed by atoms with Gasteiger partial charge in [0.1, 0.15) is 30.4 Å². The first kappa shape index (κ1) is 53.1. The van der Waals surface area contributed by atoms with E-state index in [-0.39, 0.29) is 73.4 Å². The summed E-state index contributed by atoms with van der Waals surface area (Å²) in [5.41, 5.74) is 14.0. The first-order valence-corrected chi connectivity index (χ1v) is 28.2. The molecule has 1 aliphatic carbocycles. The standard InChI is InChI=1S/C57H69N11O9S/c1-33(2)53(57(73)67-30-40(70)23-48(67)56(72)61-46(31-69)35-8-10-36(11-9-35)54-34(3)60-32-78-54)50-27-52(64-77-50)74-21-20-65-18-15-41(16-19-65)75-42-24-43(25-42)76-51-22-37(14-17-59-51)68-38-12-13-39(68)29-66(28-38)47-26-45(62-63-55(47)58)44-6-4-5-7-49(44)71/h4-11,14,17,22,26-27,32-33,38-43,46,48,53,69-71H,12-13,15-16,18-21,23-25,28-31H2,1-3H3,(H2,58,63)(H,61,72)/t38?,39?,40-,42-,43-,46+,48+,53-/m1/s1. The Bertz CT molecular complexity index is 3020. The van der Waals surface area contributed by atoms with Crippen molar-refractivity contribution in [1.29, 1.82) is 0 Å². The second-order valence-corrected chi connectivity index (χ2v) is 22.6. The van der Waals surface area contributed by atoms with Crippen LogP contribution in [0.4, 0.5) is 17.2 Å². The molecule has 0 radical (unpaired) electrons. The normalized spacial score (nSPS) is 23.3. The Labute approximate surface area is 457 Å². The number of anilines is 3. The Morgan fingerprint density at radius 1 is 0.897 bits per heavy atom. The smallest absolute Gasteiger partial charge is 0.254 e. The van der Waals surface area contributed by atoms with Crippen molar-refractivity contribution in [2.24, 2.45) is 5.92 Å². The first-order chi connectivity index (χ1) is 37.8. The molecule has 4 aliphatic heterocycles. The third kappa shape index (κ3) is 11.5. The molecule has 6 atom stereocenters. The number of ether oxygens (including phenoxy) is 3. The van der Waals surface area contributed by atoms with E-state index in [2.05, 4.69) is 57.5 Å². The number of carbonyl (C=O) groups is 2. The van der Waals surface area contributed by atoms with E-state index in [0.717, 1.165) is 92.2 Å². The summed E-state index contributed by atoms with van der Waals surface area (Å²) in [7, 11) is 0. The van der Waals surface area contributed by atoms with Gasteiger partial charge in [-0.25, -0.2) is 9.97 Å². The minimum absolute atomic E-state index is 0.00727. The number of nitrogens with two attached hydrogens (primary N) is 1. The van der Waals surface area contributed by atoms with Gasteiger partial charge in [-0.1, -0.05) is 50.2 Å². The van der Waals surface area contributed by atoms with Gasteiger partial charge in [0.25, 0.3) is 5.88 Å². The number of nitrogens with one attached hydrogen (secondary N) is 1. The number of aliphatic hydroxyl groups excluding tert-OH is 2. The number of aliphatic hydroxyl groups is 2. The van der Waals surface area contributed by atoms with Crippen LogP contribution in [-0.2, 0) is 14.3 Å². The fraction of sp³-hybridized carbons (Fsp3) is 0.491. The van der Waals surface area contributed by atoms with E-state index in [1.165, 1.54) is 4.90 Å². The maximum atomic E-state index is 14.3. The Hall–Kier alpha value is -6.91. The SMILES string of the molecule is Cc1ncsc1-c1ccc([C@H](CO)NC(=O)[C@@H]2C[C@@H](O)CN2C(=O)[C@@H](c2cc(OCCN3CCC(O[C@H]4C[C@H](Oc5cc(N6C7CCC6CN(c6cc(-c8ccccc8O)nnc6N)C7)ccn5)C4)CC3)no2)C(C)C)cc1. The number of hydrogen-bond acceptors (Lipinski definition) is 19. The molecule has 2 amide bonds. The molecular weight excluding hydrogens is 1010 g/mol. The molecule has 6 N–H and O–H groups in total. The lowest BCUT2D eigenvalue weighted by Crippen LogP contribution is -2.54. The number of aromatic nitrogens is 5. The fourth-order valence-corrected chi connectivity index (χ4v) is 12.8. The van der Waals surface area contributed by atoms with Gasteiger partial charge in [-0.05, 0) is 79.1 Å². The molecule has 2 bridgehead atoms. The van der Waals surface area contributed by atoms with Crippen molar-refractivity contribution in [2.45, 2.75) is 120 Å². The molecule has 1 saturated carbocycles. The minimum atomic E-state index is -0.939. The van der Waals surface area contributed by atoms with E-state index < -0.39 is 30.0 Å². The molecule has 5 fully saturated rings. The molecule has 8 heterocycles. The van der Waals surface area contributed by atoms with E-state index >= 15 is 0 Å². The minimum Gasteiger partial charge on any atom is -0.507 e. The van der Waals surface area contributed by atoms with Gasteiger partial charge in [0, 0.05) is 100 Å². The van der Waals surface area contributed by atoms with Crippen molar-refractivity contribution >= 4 is 40.3 Å². The molecule has 11 rings (SSSR count). The number of likely N-dealkylation sites (tertiary alicyclic amines) is 2. The third-order valence-corrected chi connectivity index (χ3v) is 17.1. The van der Waals surface area contributed by atoms with Gasteiger partial charge >= 0.3 is 0 Å². The molecule has 5 aliphatic rings. The van der Waals surface area contributed by atoms with Crippen molar-refractivity contribution in [2.75, 3.05) is 68.0 Å². The van der Waals surface area contributed by atoms with Crippen molar-refractivity contribution in [3.05, 3.63) is 102 Å². The zero-order chi connectivity index (χ0) is 54.0. The van der Waals surface area contributed by atoms with E-state index in [1.54, 1.807) is 35.0 Å². The highest BCUT2D eigenvalue weighted by Crippen LogP contribution is 2.41. The summed E-state index contributed by atoms with van der Waals surface area (Å²) in [4.78, 5) is 46.6. The van der Waals surface area contributed by atoms with Crippen molar-refractivity contribution in [3.8, 4) is 39.2 Å². The van der Waals surface area contributed by atoms with Crippen LogP contribution in [0.5, 0.6) is 17.5 Å². The zero-order valence-corrected chi connectivity index (χ0v) is 45.1. The van der Waals surface area contributed by atoms with E-state index in [0.29, 0.717) is 47.4 Å². The van der Waals surface area contributed by atoms with Gasteiger partial charge in [-0.2, -0.15) is 0 Å². The van der Waals surface area contributed by atoms with Crippen LogP contribution in [0, 0.1) is 12.8 Å². The molecule has 412 valence electrons. The maximum Gasteiger partial charge on any atom is 0.254 e. The van der Waals surface area contributed by atoms with Gasteiger partial charge in [-0.3, -0.25) is 14.5 Å².